The summed E-state index contributed by atoms with van der Waals surface area (Å²) in [6, 6.07) is 13.1. The van der Waals surface area contributed by atoms with Gasteiger partial charge >= 0.3 is 5.97 Å². The molecule has 3 rings (SSSR count). The molecule has 0 saturated carbocycles. The van der Waals surface area contributed by atoms with E-state index in [2.05, 4.69) is 10.6 Å². The molecule has 0 unspecified atom stereocenters. The van der Waals surface area contributed by atoms with E-state index in [4.69, 9.17) is 9.47 Å². The maximum absolute atomic E-state index is 12.5. The van der Waals surface area contributed by atoms with E-state index < -0.39 is 11.9 Å². The third-order valence-electron chi connectivity index (χ3n) is 5.59. The molecule has 1 aliphatic rings. The topological polar surface area (TPSA) is 138 Å². The number of benzene rings is 2. The predicted octanol–water partition coefficient (Wildman–Crippen LogP) is 2.25. The van der Waals surface area contributed by atoms with Crippen molar-refractivity contribution in [1.29, 1.82) is 5.26 Å². The zero-order chi connectivity index (χ0) is 26.8. The molecule has 0 radical (unpaired) electrons. The molecule has 1 saturated heterocycles. The quantitative estimate of drug-likeness (QED) is 0.303. The molecule has 1 aliphatic heterocycles. The lowest BCUT2D eigenvalue weighted by atomic mass is 10.1. The summed E-state index contributed by atoms with van der Waals surface area (Å²) in [5.74, 6) is -1.27. The van der Waals surface area contributed by atoms with Crippen LogP contribution in [0, 0.1) is 11.3 Å². The molecule has 0 spiro atoms. The molecule has 2 aromatic carbocycles. The van der Waals surface area contributed by atoms with E-state index in [0.29, 0.717) is 22.3 Å². The molecule has 10 nitrogen and oxygen atoms in total. The Labute approximate surface area is 214 Å². The monoisotopic (exact) mass is 504 g/mol. The Hall–Kier alpha value is -4.65. The molecule has 37 heavy (non-hydrogen) atoms. The Bertz CT molecular complexity index is 1240. The molecule has 1 fully saturated rings. The summed E-state index contributed by atoms with van der Waals surface area (Å²) in [7, 11) is 1.19. The van der Waals surface area contributed by atoms with Crippen LogP contribution in [-0.4, -0.2) is 61.9 Å². The van der Waals surface area contributed by atoms with E-state index in [-0.39, 0.29) is 36.4 Å². The molecule has 0 bridgehead atoms. The summed E-state index contributed by atoms with van der Waals surface area (Å²) < 4.78 is 10.5. The number of ether oxygens (including phenoxy) is 2. The number of esters is 1. The Balaban J connectivity index is 1.62. The van der Waals surface area contributed by atoms with Crippen LogP contribution in [0.5, 0.6) is 5.75 Å². The molecule has 2 aromatic rings. The van der Waals surface area contributed by atoms with Crippen molar-refractivity contribution in [3.63, 3.8) is 0 Å². The van der Waals surface area contributed by atoms with Gasteiger partial charge in [-0.2, -0.15) is 5.26 Å². The van der Waals surface area contributed by atoms with Gasteiger partial charge in [0, 0.05) is 36.7 Å². The van der Waals surface area contributed by atoms with Crippen LogP contribution in [0.25, 0.3) is 6.08 Å². The number of carbonyl (C=O) groups excluding carboxylic acids is 4. The number of methoxy groups -OCH3 is 1. The SMILES string of the molecule is COC(=O)/C(=C\c1ccc(C#N)cc1OCCNC(=O)c1ccc(C(=O)N2CCCC2)cc1)NC(C)=O. The average molecular weight is 505 g/mol. The third kappa shape index (κ3) is 7.41. The highest BCUT2D eigenvalue weighted by Gasteiger charge is 2.19. The van der Waals surface area contributed by atoms with Crippen molar-refractivity contribution in [2.45, 2.75) is 19.8 Å². The van der Waals surface area contributed by atoms with Crippen LogP contribution in [0.3, 0.4) is 0 Å². The van der Waals surface area contributed by atoms with Crippen LogP contribution in [0.15, 0.2) is 48.2 Å². The van der Waals surface area contributed by atoms with Crippen molar-refractivity contribution in [1.82, 2.24) is 15.5 Å². The average Bonchev–Trinajstić information content (AvgIpc) is 3.45. The van der Waals surface area contributed by atoms with Crippen molar-refractivity contribution < 1.29 is 28.7 Å². The Morgan fingerprint density at radius 2 is 1.73 bits per heavy atom. The van der Waals surface area contributed by atoms with Gasteiger partial charge in [0.1, 0.15) is 18.1 Å². The van der Waals surface area contributed by atoms with E-state index in [9.17, 15) is 24.4 Å². The Morgan fingerprint density at radius 1 is 1.05 bits per heavy atom. The van der Waals surface area contributed by atoms with Crippen molar-refractivity contribution in [3.05, 3.63) is 70.4 Å². The van der Waals surface area contributed by atoms with E-state index in [1.807, 2.05) is 11.0 Å². The molecule has 0 aromatic heterocycles. The minimum Gasteiger partial charge on any atom is -0.491 e. The van der Waals surface area contributed by atoms with Gasteiger partial charge in [-0.3, -0.25) is 14.4 Å². The summed E-state index contributed by atoms with van der Waals surface area (Å²) in [4.78, 5) is 50.3. The molecule has 0 aliphatic carbocycles. The minimum absolute atomic E-state index is 0.0313. The molecule has 3 amide bonds. The maximum atomic E-state index is 12.5. The summed E-state index contributed by atoms with van der Waals surface area (Å²) in [6.07, 6.45) is 3.40. The third-order valence-corrected chi connectivity index (χ3v) is 5.59. The second kappa shape index (κ2) is 12.9. The lowest BCUT2D eigenvalue weighted by Crippen LogP contribution is -2.29. The first-order valence-electron chi connectivity index (χ1n) is 11.7. The number of nitrogens with one attached hydrogen (secondary N) is 2. The summed E-state index contributed by atoms with van der Waals surface area (Å²) in [6.45, 7) is 3.00. The van der Waals surface area contributed by atoms with Crippen LogP contribution < -0.4 is 15.4 Å². The van der Waals surface area contributed by atoms with Crippen molar-refractivity contribution >= 4 is 29.8 Å². The van der Waals surface area contributed by atoms with E-state index in [1.165, 1.54) is 26.2 Å². The molecule has 2 N–H and O–H groups in total. The Morgan fingerprint density at radius 3 is 2.35 bits per heavy atom. The fourth-order valence-corrected chi connectivity index (χ4v) is 3.74. The van der Waals surface area contributed by atoms with Gasteiger partial charge in [0.05, 0.1) is 25.3 Å². The van der Waals surface area contributed by atoms with Crippen LogP contribution in [-0.2, 0) is 14.3 Å². The van der Waals surface area contributed by atoms with E-state index in [1.54, 1.807) is 36.4 Å². The second-order valence-electron chi connectivity index (χ2n) is 8.28. The zero-order valence-corrected chi connectivity index (χ0v) is 20.7. The van der Waals surface area contributed by atoms with Gasteiger partial charge in [0.15, 0.2) is 0 Å². The van der Waals surface area contributed by atoms with Crippen LogP contribution in [0.2, 0.25) is 0 Å². The zero-order valence-electron chi connectivity index (χ0n) is 20.7. The number of carbonyl (C=O) groups is 4. The molecule has 192 valence electrons. The van der Waals surface area contributed by atoms with Crippen LogP contribution in [0.4, 0.5) is 0 Å². The predicted molar refractivity (Wildman–Crippen MR) is 134 cm³/mol. The van der Waals surface area contributed by atoms with E-state index >= 15 is 0 Å². The summed E-state index contributed by atoms with van der Waals surface area (Å²) >= 11 is 0. The van der Waals surface area contributed by atoms with Gasteiger partial charge in [-0.15, -0.1) is 0 Å². The van der Waals surface area contributed by atoms with Crippen molar-refractivity contribution in [2.24, 2.45) is 0 Å². The van der Waals surface area contributed by atoms with Gasteiger partial charge in [-0.25, -0.2) is 4.79 Å². The first-order chi connectivity index (χ1) is 17.8. The minimum atomic E-state index is -0.745. The fourth-order valence-electron chi connectivity index (χ4n) is 3.74. The second-order valence-corrected chi connectivity index (χ2v) is 8.28. The normalized spacial score (nSPS) is 12.9. The largest absolute Gasteiger partial charge is 0.491 e. The first-order valence-corrected chi connectivity index (χ1v) is 11.7. The molecule has 1 heterocycles. The number of hydrogen-bond donors (Lipinski definition) is 2. The standard InChI is InChI=1S/C27H28N4O6/c1-18(32)30-23(27(35)36-2)16-22-6-5-19(17-28)15-24(22)37-14-11-29-25(33)20-7-9-21(10-8-20)26(34)31-12-3-4-13-31/h5-10,15-16H,3-4,11-14H2,1-2H3,(H,29,33)(H,30,32)/b23-16+. The number of nitrogens with zero attached hydrogens (tertiary/aromatic N) is 2. The van der Waals surface area contributed by atoms with Crippen LogP contribution >= 0.6 is 0 Å². The highest BCUT2D eigenvalue weighted by molar-refractivity contribution is 5.98. The number of amides is 3. The molecule has 10 heteroatoms. The number of hydrogen-bond acceptors (Lipinski definition) is 7. The summed E-state index contributed by atoms with van der Waals surface area (Å²) in [5.41, 5.74) is 1.62. The highest BCUT2D eigenvalue weighted by Crippen LogP contribution is 2.23. The Kier molecular flexibility index (Phi) is 9.38. The molecular weight excluding hydrogens is 476 g/mol. The number of nitriles is 1. The fraction of sp³-hybridized carbons (Fsp3) is 0.296. The molecular formula is C27H28N4O6. The van der Waals surface area contributed by atoms with Gasteiger partial charge in [-0.1, -0.05) is 0 Å². The van der Waals surface area contributed by atoms with Crippen LogP contribution in [0.1, 0.15) is 51.6 Å². The lowest BCUT2D eigenvalue weighted by molar-refractivity contribution is -0.137. The maximum Gasteiger partial charge on any atom is 0.354 e. The van der Waals surface area contributed by atoms with Crippen molar-refractivity contribution in [3.8, 4) is 11.8 Å². The van der Waals surface area contributed by atoms with Gasteiger partial charge in [0.2, 0.25) is 5.91 Å². The van der Waals surface area contributed by atoms with Gasteiger partial charge in [-0.05, 0) is 61.4 Å². The highest BCUT2D eigenvalue weighted by atomic mass is 16.5. The number of rotatable bonds is 9. The van der Waals surface area contributed by atoms with E-state index in [0.717, 1.165) is 25.9 Å². The van der Waals surface area contributed by atoms with Gasteiger partial charge in [0.25, 0.3) is 11.8 Å². The first kappa shape index (κ1) is 26.9. The smallest absolute Gasteiger partial charge is 0.354 e. The lowest BCUT2D eigenvalue weighted by Gasteiger charge is -2.15. The van der Waals surface area contributed by atoms with Crippen molar-refractivity contribution in [2.75, 3.05) is 33.4 Å². The number of likely N-dealkylation sites (tertiary alicyclic amines) is 1. The van der Waals surface area contributed by atoms with Gasteiger partial charge < -0.3 is 25.0 Å². The summed E-state index contributed by atoms with van der Waals surface area (Å²) in [5, 5.41) is 14.4. The molecule has 0 atom stereocenters.